The average molecular weight is 492 g/mol. The fraction of sp³-hybridized carbons (Fsp3) is 0.385. The van der Waals surface area contributed by atoms with Crippen LogP contribution in [-0.2, 0) is 16.1 Å². The zero-order valence-electron chi connectivity index (χ0n) is 19.9. The highest BCUT2D eigenvalue weighted by molar-refractivity contribution is 6.24. The molecule has 3 aliphatic heterocycles. The number of ether oxygens (including phenoxy) is 1. The molecule has 3 aliphatic rings. The summed E-state index contributed by atoms with van der Waals surface area (Å²) < 4.78 is 6.05. The second kappa shape index (κ2) is 10.5. The molecule has 10 nitrogen and oxygen atoms in total. The Labute approximate surface area is 209 Å². The SMILES string of the molecule is O=C1CCC(N2C(=O)c3cccc(CNc4ccccc4OCCN4CCNCC4)c3C2=O)C(=O)N1. The first kappa shape index (κ1) is 24.0. The van der Waals surface area contributed by atoms with Gasteiger partial charge in [0, 0.05) is 45.7 Å². The molecule has 10 heteroatoms. The van der Waals surface area contributed by atoms with Crippen molar-refractivity contribution in [1.82, 2.24) is 20.4 Å². The number of piperidine rings is 1. The number of hydrogen-bond acceptors (Lipinski definition) is 8. The van der Waals surface area contributed by atoms with Gasteiger partial charge in [-0.25, -0.2) is 0 Å². The van der Waals surface area contributed by atoms with Crippen molar-refractivity contribution in [3.63, 3.8) is 0 Å². The van der Waals surface area contributed by atoms with Crippen LogP contribution in [0, 0.1) is 0 Å². The highest BCUT2D eigenvalue weighted by Gasteiger charge is 2.45. The zero-order valence-corrected chi connectivity index (χ0v) is 19.9. The number of para-hydroxylation sites is 2. The molecule has 0 bridgehead atoms. The summed E-state index contributed by atoms with van der Waals surface area (Å²) in [6, 6.07) is 11.7. The van der Waals surface area contributed by atoms with Gasteiger partial charge in [0.2, 0.25) is 11.8 Å². The van der Waals surface area contributed by atoms with Crippen LogP contribution in [0.5, 0.6) is 5.75 Å². The lowest BCUT2D eigenvalue weighted by Crippen LogP contribution is -2.54. The fourth-order valence-corrected chi connectivity index (χ4v) is 4.88. The first-order valence-corrected chi connectivity index (χ1v) is 12.2. The highest BCUT2D eigenvalue weighted by Crippen LogP contribution is 2.31. The molecular weight excluding hydrogens is 462 g/mol. The summed E-state index contributed by atoms with van der Waals surface area (Å²) in [5, 5.41) is 8.90. The Hall–Kier alpha value is -3.76. The summed E-state index contributed by atoms with van der Waals surface area (Å²) in [6.45, 7) is 5.69. The maximum Gasteiger partial charge on any atom is 0.262 e. The van der Waals surface area contributed by atoms with Crippen molar-refractivity contribution in [1.29, 1.82) is 0 Å². The monoisotopic (exact) mass is 491 g/mol. The predicted octanol–water partition coefficient (Wildman–Crippen LogP) is 0.984. The normalized spacial score (nSPS) is 20.3. The van der Waals surface area contributed by atoms with Gasteiger partial charge in [-0.15, -0.1) is 0 Å². The van der Waals surface area contributed by atoms with E-state index in [1.807, 2.05) is 24.3 Å². The molecule has 0 aliphatic carbocycles. The number of piperazine rings is 1. The largest absolute Gasteiger partial charge is 0.490 e. The third-order valence-electron chi connectivity index (χ3n) is 6.79. The van der Waals surface area contributed by atoms with Crippen LogP contribution >= 0.6 is 0 Å². The van der Waals surface area contributed by atoms with E-state index in [0.29, 0.717) is 24.5 Å². The quantitative estimate of drug-likeness (QED) is 0.468. The van der Waals surface area contributed by atoms with E-state index in [0.717, 1.165) is 43.3 Å². The number of benzene rings is 2. The second-order valence-corrected chi connectivity index (χ2v) is 9.08. The van der Waals surface area contributed by atoms with E-state index in [1.165, 1.54) is 0 Å². The Morgan fingerprint density at radius 3 is 2.58 bits per heavy atom. The van der Waals surface area contributed by atoms with Crippen LogP contribution in [0.2, 0.25) is 0 Å². The third kappa shape index (κ3) is 4.82. The summed E-state index contributed by atoms with van der Waals surface area (Å²) in [5.41, 5.74) is 1.99. The molecule has 3 N–H and O–H groups in total. The van der Waals surface area contributed by atoms with Crippen molar-refractivity contribution in [2.75, 3.05) is 44.6 Å². The maximum atomic E-state index is 13.3. The van der Waals surface area contributed by atoms with Gasteiger partial charge in [0.25, 0.3) is 11.8 Å². The number of nitrogens with one attached hydrogen (secondary N) is 3. The van der Waals surface area contributed by atoms with Gasteiger partial charge in [-0.1, -0.05) is 24.3 Å². The molecule has 2 fully saturated rings. The van der Waals surface area contributed by atoms with E-state index < -0.39 is 29.7 Å². The Balaban J connectivity index is 1.27. The molecule has 2 aromatic carbocycles. The van der Waals surface area contributed by atoms with Crippen molar-refractivity contribution in [2.24, 2.45) is 0 Å². The van der Waals surface area contributed by atoms with Gasteiger partial charge in [0.05, 0.1) is 16.8 Å². The smallest absolute Gasteiger partial charge is 0.262 e. The van der Waals surface area contributed by atoms with Crippen molar-refractivity contribution in [2.45, 2.75) is 25.4 Å². The molecule has 5 rings (SSSR count). The predicted molar refractivity (Wildman–Crippen MR) is 132 cm³/mol. The maximum absolute atomic E-state index is 13.3. The van der Waals surface area contributed by atoms with Crippen LogP contribution in [0.1, 0.15) is 39.1 Å². The van der Waals surface area contributed by atoms with Crippen LogP contribution in [0.3, 0.4) is 0 Å². The topological polar surface area (TPSA) is 120 Å². The lowest BCUT2D eigenvalue weighted by Gasteiger charge is -2.27. The Morgan fingerprint density at radius 2 is 1.78 bits per heavy atom. The Bertz CT molecular complexity index is 1190. The molecule has 0 aromatic heterocycles. The third-order valence-corrected chi connectivity index (χ3v) is 6.79. The first-order valence-electron chi connectivity index (χ1n) is 12.2. The van der Waals surface area contributed by atoms with Crippen molar-refractivity contribution >= 4 is 29.3 Å². The zero-order chi connectivity index (χ0) is 25.1. The molecule has 1 atom stereocenters. The minimum absolute atomic E-state index is 0.0870. The summed E-state index contributed by atoms with van der Waals surface area (Å²) in [4.78, 5) is 53.6. The Kier molecular flexibility index (Phi) is 6.97. The number of hydrogen-bond donors (Lipinski definition) is 3. The molecule has 4 amide bonds. The van der Waals surface area contributed by atoms with Crippen molar-refractivity contribution in [3.05, 3.63) is 59.2 Å². The molecule has 2 aromatic rings. The van der Waals surface area contributed by atoms with Crippen LogP contribution in [0.25, 0.3) is 0 Å². The van der Waals surface area contributed by atoms with Crippen molar-refractivity contribution < 1.29 is 23.9 Å². The second-order valence-electron chi connectivity index (χ2n) is 9.08. The summed E-state index contributed by atoms with van der Waals surface area (Å²) in [7, 11) is 0. The number of anilines is 1. The molecular formula is C26H29N5O5. The Morgan fingerprint density at radius 1 is 0.972 bits per heavy atom. The van der Waals surface area contributed by atoms with E-state index >= 15 is 0 Å². The number of nitrogens with zero attached hydrogens (tertiary/aromatic N) is 2. The van der Waals surface area contributed by atoms with Crippen LogP contribution in [0.15, 0.2) is 42.5 Å². The van der Waals surface area contributed by atoms with Crippen LogP contribution < -0.4 is 20.7 Å². The number of carbonyl (C=O) groups is 4. The van der Waals surface area contributed by atoms with Crippen LogP contribution in [-0.4, -0.2) is 78.8 Å². The van der Waals surface area contributed by atoms with Gasteiger partial charge < -0.3 is 15.4 Å². The van der Waals surface area contributed by atoms with Crippen LogP contribution in [0.4, 0.5) is 5.69 Å². The fourth-order valence-electron chi connectivity index (χ4n) is 4.88. The molecule has 0 saturated carbocycles. The molecule has 0 radical (unpaired) electrons. The van der Waals surface area contributed by atoms with Gasteiger partial charge in [0.15, 0.2) is 0 Å². The average Bonchev–Trinajstić information content (AvgIpc) is 3.14. The first-order chi connectivity index (χ1) is 17.5. The number of fused-ring (bicyclic) bond motifs is 1. The minimum atomic E-state index is -0.985. The van der Waals surface area contributed by atoms with E-state index in [1.54, 1.807) is 18.2 Å². The van der Waals surface area contributed by atoms with E-state index in [9.17, 15) is 19.2 Å². The van der Waals surface area contributed by atoms with Gasteiger partial charge >= 0.3 is 0 Å². The van der Waals surface area contributed by atoms with Gasteiger partial charge in [-0.05, 0) is 30.2 Å². The molecule has 0 spiro atoms. The molecule has 2 saturated heterocycles. The number of carbonyl (C=O) groups excluding carboxylic acids is 4. The summed E-state index contributed by atoms with van der Waals surface area (Å²) >= 11 is 0. The van der Waals surface area contributed by atoms with E-state index in [4.69, 9.17) is 4.74 Å². The van der Waals surface area contributed by atoms with Gasteiger partial charge in [-0.2, -0.15) is 0 Å². The molecule has 188 valence electrons. The number of amides is 4. The summed E-state index contributed by atoms with van der Waals surface area (Å²) in [6.07, 6.45) is 0.214. The highest BCUT2D eigenvalue weighted by atomic mass is 16.5. The number of rotatable bonds is 8. The van der Waals surface area contributed by atoms with Crippen molar-refractivity contribution in [3.8, 4) is 5.75 Å². The summed E-state index contributed by atoms with van der Waals surface area (Å²) in [5.74, 6) is -1.32. The minimum Gasteiger partial charge on any atom is -0.490 e. The molecule has 36 heavy (non-hydrogen) atoms. The standard InChI is InChI=1S/C26H29N5O5/c32-22-9-8-20(24(33)29-22)31-25(34)18-5-3-4-17(23(18)26(31)35)16-28-19-6-1-2-7-21(19)36-15-14-30-12-10-27-11-13-30/h1-7,20,27-28H,8-16H2,(H,29,32,33). The lowest BCUT2D eigenvalue weighted by atomic mass is 10.0. The lowest BCUT2D eigenvalue weighted by molar-refractivity contribution is -0.136. The molecule has 1 unspecified atom stereocenters. The van der Waals surface area contributed by atoms with Gasteiger partial charge in [0.1, 0.15) is 18.4 Å². The van der Waals surface area contributed by atoms with E-state index in [2.05, 4.69) is 20.9 Å². The number of imide groups is 2. The molecule has 3 heterocycles. The van der Waals surface area contributed by atoms with Gasteiger partial charge in [-0.3, -0.25) is 34.3 Å². The van der Waals surface area contributed by atoms with E-state index in [-0.39, 0.29) is 24.0 Å².